The van der Waals surface area contributed by atoms with E-state index in [4.69, 9.17) is 5.11 Å². The molecule has 1 N–H and O–H groups in total. The van der Waals surface area contributed by atoms with E-state index in [-0.39, 0.29) is 16.5 Å². The number of unbranched alkanes of at least 4 members (excludes halogenated alkanes) is 27. The van der Waals surface area contributed by atoms with E-state index in [1.165, 1.54) is 313 Å². The highest BCUT2D eigenvalue weighted by atomic mass is 32.2. The normalized spacial score (nSPS) is 11.4. The first-order chi connectivity index (χ1) is 40.7. The summed E-state index contributed by atoms with van der Waals surface area (Å²) in [6.07, 6.45) is 59.3. The van der Waals surface area contributed by atoms with Gasteiger partial charge in [0, 0.05) is 33.4 Å². The van der Waals surface area contributed by atoms with Crippen molar-refractivity contribution in [1.82, 2.24) is 0 Å². The van der Waals surface area contributed by atoms with Gasteiger partial charge < -0.3 is 10.2 Å². The van der Waals surface area contributed by atoms with Crippen LogP contribution in [0.1, 0.15) is 354 Å². The van der Waals surface area contributed by atoms with Crippen molar-refractivity contribution >= 4 is 16.9 Å². The van der Waals surface area contributed by atoms with Crippen molar-refractivity contribution in [3.05, 3.63) is 116 Å². The van der Waals surface area contributed by atoms with Crippen molar-refractivity contribution in [2.45, 2.75) is 366 Å². The number of aromatic carboxylic acids is 1. The third kappa shape index (κ3) is 29.2. The van der Waals surface area contributed by atoms with Gasteiger partial charge in [0.2, 0.25) is 0 Å². The molecule has 4 aromatic carbocycles. The molecule has 468 valence electrons. The molecule has 0 aromatic heterocycles. The van der Waals surface area contributed by atoms with Crippen LogP contribution in [0.3, 0.4) is 0 Å². The van der Waals surface area contributed by atoms with E-state index in [9.17, 15) is 9.90 Å². The SMILES string of the molecule is CCCCCCc1cc(CCCCCC)c([S+](c2c(CCCCCC)cc(CCCCCC)cc2CCCCCC)c2c(CCCCCC)cc(CCCCCC)cc2CCCCCC)c(CCCCCC)c1.O=C(O)c1ccccc1[O-]. The molecule has 83 heavy (non-hydrogen) atoms. The van der Waals surface area contributed by atoms with Crippen molar-refractivity contribution in [3.8, 4) is 5.75 Å². The monoisotopic (exact) mass is 1160 g/mol. The first-order valence-electron chi connectivity index (χ1n) is 35.8. The molecule has 4 heteroatoms. The van der Waals surface area contributed by atoms with Gasteiger partial charge in [-0.2, -0.15) is 0 Å². The molecule has 0 radical (unpaired) electrons. The van der Waals surface area contributed by atoms with Gasteiger partial charge >= 0.3 is 5.97 Å². The van der Waals surface area contributed by atoms with Crippen molar-refractivity contribution in [3.63, 3.8) is 0 Å². The molecule has 0 aliphatic rings. The van der Waals surface area contributed by atoms with Gasteiger partial charge in [0.25, 0.3) is 0 Å². The second kappa shape index (κ2) is 47.6. The van der Waals surface area contributed by atoms with Crippen LogP contribution in [-0.4, -0.2) is 11.1 Å². The average Bonchev–Trinajstić information content (AvgIpc) is 2.87. The summed E-state index contributed by atoms with van der Waals surface area (Å²) in [6.45, 7) is 21.6. The van der Waals surface area contributed by atoms with Crippen molar-refractivity contribution < 1.29 is 15.0 Å². The lowest BCUT2D eigenvalue weighted by molar-refractivity contribution is -0.268. The maximum absolute atomic E-state index is 10.7. The molecule has 0 amide bonds. The van der Waals surface area contributed by atoms with Crippen LogP contribution in [-0.2, 0) is 68.7 Å². The third-order valence-corrected chi connectivity index (χ3v) is 20.2. The van der Waals surface area contributed by atoms with E-state index < -0.39 is 11.7 Å². The molecule has 0 atom stereocenters. The zero-order valence-electron chi connectivity index (χ0n) is 55.8. The molecule has 0 aliphatic heterocycles. The molecular formula is C79H128O3S. The molecule has 3 nitrogen and oxygen atoms in total. The summed E-state index contributed by atoms with van der Waals surface area (Å²) in [4.78, 5) is 15.7. The minimum Gasteiger partial charge on any atom is -0.872 e. The van der Waals surface area contributed by atoms with Gasteiger partial charge in [-0.3, -0.25) is 0 Å². The Hall–Kier alpha value is -3.50. The van der Waals surface area contributed by atoms with E-state index >= 15 is 0 Å². The predicted octanol–water partition coefficient (Wildman–Crippen LogP) is 24.3. The molecule has 0 saturated carbocycles. The molecule has 0 spiro atoms. The molecule has 4 rings (SSSR count). The molecule has 0 unspecified atom stereocenters. The van der Waals surface area contributed by atoms with Gasteiger partial charge in [-0.15, -0.1) is 0 Å². The van der Waals surface area contributed by atoms with Crippen LogP contribution in [0, 0.1) is 0 Å². The van der Waals surface area contributed by atoms with Crippen LogP contribution < -0.4 is 5.11 Å². The maximum Gasteiger partial charge on any atom is 0.335 e. The van der Waals surface area contributed by atoms with E-state index in [0.717, 1.165) is 0 Å². The molecule has 0 bridgehead atoms. The largest absolute Gasteiger partial charge is 0.872 e. The number of carboxylic acid groups (broad SMARTS) is 1. The topological polar surface area (TPSA) is 60.4 Å². The Morgan fingerprint density at radius 2 is 0.518 bits per heavy atom. The highest BCUT2D eigenvalue weighted by Crippen LogP contribution is 2.46. The number of para-hydroxylation sites is 1. The van der Waals surface area contributed by atoms with E-state index in [0.29, 0.717) is 0 Å². The lowest BCUT2D eigenvalue weighted by Gasteiger charge is -2.26. The standard InChI is InChI=1S/C72H123S.C7H6O3/c1-10-19-28-37-46-61-55-64(49-40-31-22-13-4)70(65(56-61)50-41-32-23-14-5)73(71-66(51-42-33-24-15-6)57-62(47-38-29-20-11-2)58-67(71)52-43-34-25-16-7)72-68(53-44-35-26-17-8)59-63(48-39-30-21-12-3)60-69(72)54-45-36-27-18-9;8-6-4-2-1-3-5(6)7(9)10/h55-60H,10-54H2,1-9H3;1-4,8H,(H,9,10)/q+1;/p-1. The van der Waals surface area contributed by atoms with Gasteiger partial charge in [0.05, 0.1) is 5.56 Å². The van der Waals surface area contributed by atoms with E-state index in [1.807, 2.05) is 14.7 Å². The number of benzene rings is 4. The Morgan fingerprint density at radius 1 is 0.313 bits per heavy atom. The Balaban J connectivity index is 0.00000162. The van der Waals surface area contributed by atoms with Gasteiger partial charge in [-0.05, 0) is 138 Å². The van der Waals surface area contributed by atoms with Crippen molar-refractivity contribution in [1.29, 1.82) is 0 Å². The Morgan fingerprint density at radius 3 is 0.699 bits per heavy atom. The Kier molecular flexibility index (Phi) is 42.3. The first kappa shape index (κ1) is 73.8. The lowest BCUT2D eigenvalue weighted by atomic mass is 9.94. The fourth-order valence-electron chi connectivity index (χ4n) is 12.5. The highest BCUT2D eigenvalue weighted by Gasteiger charge is 2.41. The smallest absolute Gasteiger partial charge is 0.335 e. The van der Waals surface area contributed by atoms with E-state index in [2.05, 4.69) is 98.7 Å². The number of carbonyl (C=O) groups is 1. The number of rotatable bonds is 49. The predicted molar refractivity (Wildman–Crippen MR) is 365 cm³/mol. The van der Waals surface area contributed by atoms with Crippen molar-refractivity contribution in [2.24, 2.45) is 0 Å². The van der Waals surface area contributed by atoms with Crippen LogP contribution in [0.5, 0.6) is 5.75 Å². The molecule has 0 aliphatic carbocycles. The third-order valence-electron chi connectivity index (χ3n) is 17.4. The summed E-state index contributed by atoms with van der Waals surface area (Å²) in [5.74, 6) is -1.62. The summed E-state index contributed by atoms with van der Waals surface area (Å²) in [5, 5.41) is 19.0. The van der Waals surface area contributed by atoms with Crippen LogP contribution in [0.2, 0.25) is 0 Å². The van der Waals surface area contributed by atoms with Crippen molar-refractivity contribution in [2.75, 3.05) is 0 Å². The fraction of sp³-hybridized carbons (Fsp3) is 0.684. The molecular weight excluding hydrogens is 1030 g/mol. The first-order valence-corrected chi connectivity index (χ1v) is 37.1. The minimum absolute atomic E-state index is 0.178. The van der Waals surface area contributed by atoms with Gasteiger partial charge in [0.15, 0.2) is 14.7 Å². The Labute approximate surface area is 517 Å². The minimum atomic E-state index is -1.18. The fourth-order valence-corrected chi connectivity index (χ4v) is 15.6. The number of carboxylic acids is 1. The number of aryl methyl sites for hydroxylation is 9. The Bertz CT molecular complexity index is 1970. The zero-order chi connectivity index (χ0) is 60.1. The van der Waals surface area contributed by atoms with Crippen LogP contribution >= 0.6 is 0 Å². The molecule has 4 aromatic rings. The highest BCUT2D eigenvalue weighted by molar-refractivity contribution is 7.97. The summed E-state index contributed by atoms with van der Waals surface area (Å²) >= 11 is 0. The van der Waals surface area contributed by atoms with Gasteiger partial charge in [-0.1, -0.05) is 296 Å². The van der Waals surface area contributed by atoms with Crippen LogP contribution in [0.25, 0.3) is 0 Å². The molecule has 0 heterocycles. The average molecular weight is 1160 g/mol. The molecule has 0 fully saturated rings. The lowest BCUT2D eigenvalue weighted by Crippen LogP contribution is -2.20. The van der Waals surface area contributed by atoms with Crippen LogP contribution in [0.4, 0.5) is 0 Å². The second-order valence-electron chi connectivity index (χ2n) is 25.1. The van der Waals surface area contributed by atoms with Gasteiger partial charge in [0.1, 0.15) is 10.9 Å². The molecule has 0 saturated heterocycles. The summed E-state index contributed by atoms with van der Waals surface area (Å²) < 4.78 is 0. The summed E-state index contributed by atoms with van der Waals surface area (Å²) in [7, 11) is -0.178. The number of hydrogen-bond donors (Lipinski definition) is 1. The number of hydrogen-bond acceptors (Lipinski definition) is 2. The van der Waals surface area contributed by atoms with E-state index in [1.54, 1.807) is 50.1 Å². The maximum atomic E-state index is 10.7. The van der Waals surface area contributed by atoms with Crippen LogP contribution in [0.15, 0.2) is 75.4 Å². The summed E-state index contributed by atoms with van der Waals surface area (Å²) in [5.41, 5.74) is 15.3. The quantitative estimate of drug-likeness (QED) is 0.0354. The summed E-state index contributed by atoms with van der Waals surface area (Å²) in [6, 6.07) is 22.6. The van der Waals surface area contributed by atoms with Gasteiger partial charge in [-0.25, -0.2) is 4.79 Å². The second-order valence-corrected chi connectivity index (χ2v) is 27.0. The zero-order valence-corrected chi connectivity index (χ0v) is 56.6.